The number of carbonyl (C=O) groups excluding carboxylic acids is 3. The van der Waals surface area contributed by atoms with Crippen LogP contribution < -0.4 is 16.4 Å². The minimum atomic E-state index is -0.958. The average Bonchev–Trinajstić information content (AvgIpc) is 3.08. The van der Waals surface area contributed by atoms with Crippen molar-refractivity contribution in [3.05, 3.63) is 22.5 Å². The third kappa shape index (κ3) is 2.57. The normalized spacial score (nSPS) is 36.8. The quantitative estimate of drug-likeness (QED) is 0.372. The van der Waals surface area contributed by atoms with E-state index in [2.05, 4.69) is 10.6 Å². The predicted molar refractivity (Wildman–Crippen MR) is 103 cm³/mol. The van der Waals surface area contributed by atoms with Crippen LogP contribution in [0.2, 0.25) is 0 Å². The Kier molecular flexibility index (Phi) is 4.42. The van der Waals surface area contributed by atoms with Gasteiger partial charge in [0.2, 0.25) is 11.6 Å². The van der Waals surface area contributed by atoms with Gasteiger partial charge in [0.15, 0.2) is 5.72 Å². The number of carbonyl (C=O) groups is 3. The zero-order valence-corrected chi connectivity index (χ0v) is 17.0. The molecule has 0 radical (unpaired) electrons. The zero-order chi connectivity index (χ0) is 21.2. The molecule has 10 heteroatoms. The number of fused-ring (bicyclic) bond motifs is 4. The average molecular weight is 418 g/mol. The monoisotopic (exact) mass is 418 g/mol. The topological polar surface area (TPSA) is 142 Å². The highest BCUT2D eigenvalue weighted by Crippen LogP contribution is 2.55. The van der Waals surface area contributed by atoms with E-state index in [1.807, 2.05) is 4.90 Å². The van der Waals surface area contributed by atoms with Crippen molar-refractivity contribution < 1.29 is 28.6 Å². The molecule has 5 rings (SSSR count). The van der Waals surface area contributed by atoms with Gasteiger partial charge < -0.3 is 35.5 Å². The number of ketones is 2. The second kappa shape index (κ2) is 6.79. The van der Waals surface area contributed by atoms with Gasteiger partial charge in [-0.3, -0.25) is 9.59 Å². The minimum absolute atomic E-state index is 0.0195. The van der Waals surface area contributed by atoms with Crippen molar-refractivity contribution in [1.29, 1.82) is 0 Å². The number of nitrogens with zero attached hydrogens (tertiary/aromatic N) is 1. The molecular formula is C20H26N4O6. The van der Waals surface area contributed by atoms with Gasteiger partial charge in [-0.2, -0.15) is 0 Å². The van der Waals surface area contributed by atoms with Crippen LogP contribution >= 0.6 is 0 Å². The number of primary amides is 1. The van der Waals surface area contributed by atoms with Gasteiger partial charge in [-0.15, -0.1) is 0 Å². The van der Waals surface area contributed by atoms with E-state index in [9.17, 15) is 14.4 Å². The fraction of sp³-hybridized carbons (Fsp3) is 0.650. The summed E-state index contributed by atoms with van der Waals surface area (Å²) in [5, 5.41) is 6.49. The molecule has 0 aromatic carbocycles. The lowest BCUT2D eigenvalue weighted by atomic mass is 9.82. The van der Waals surface area contributed by atoms with E-state index in [0.717, 1.165) is 12.8 Å². The Morgan fingerprint density at radius 1 is 1.40 bits per heavy atom. The van der Waals surface area contributed by atoms with Gasteiger partial charge in [-0.1, -0.05) is 0 Å². The molecule has 5 atom stereocenters. The van der Waals surface area contributed by atoms with E-state index in [1.54, 1.807) is 14.0 Å². The van der Waals surface area contributed by atoms with E-state index in [1.165, 1.54) is 0 Å². The highest BCUT2D eigenvalue weighted by atomic mass is 16.6. The third-order valence-electron chi connectivity index (χ3n) is 6.96. The molecule has 162 valence electrons. The van der Waals surface area contributed by atoms with Crippen LogP contribution in [-0.2, 0) is 23.8 Å². The van der Waals surface area contributed by atoms with Gasteiger partial charge in [0.05, 0.1) is 29.5 Å². The molecule has 0 saturated carbocycles. The van der Waals surface area contributed by atoms with Crippen LogP contribution in [0.15, 0.2) is 22.5 Å². The lowest BCUT2D eigenvalue weighted by Crippen LogP contribution is -2.55. The Morgan fingerprint density at radius 2 is 2.20 bits per heavy atom. The first-order chi connectivity index (χ1) is 14.4. The Balaban J connectivity index is 1.50. The second-order valence-electron chi connectivity index (χ2n) is 8.44. The van der Waals surface area contributed by atoms with Gasteiger partial charge in [0.25, 0.3) is 0 Å². The van der Waals surface area contributed by atoms with Crippen LogP contribution in [0.4, 0.5) is 4.79 Å². The summed E-state index contributed by atoms with van der Waals surface area (Å²) in [4.78, 5) is 40.2. The summed E-state index contributed by atoms with van der Waals surface area (Å²) in [7, 11) is 1.55. The van der Waals surface area contributed by atoms with E-state index < -0.39 is 17.7 Å². The van der Waals surface area contributed by atoms with Crippen molar-refractivity contribution in [3.63, 3.8) is 0 Å². The van der Waals surface area contributed by atoms with E-state index in [0.29, 0.717) is 36.5 Å². The van der Waals surface area contributed by atoms with E-state index in [4.69, 9.17) is 19.9 Å². The molecule has 4 N–H and O–H groups in total. The summed E-state index contributed by atoms with van der Waals surface area (Å²) in [6.45, 7) is 3.25. The fourth-order valence-corrected chi connectivity index (χ4v) is 5.52. The number of allylic oxidation sites excluding steroid dienone is 2. The molecule has 4 heterocycles. The molecule has 3 fully saturated rings. The minimum Gasteiger partial charge on any atom is -0.449 e. The number of piperazine rings is 1. The summed E-state index contributed by atoms with van der Waals surface area (Å²) in [5.41, 5.74) is 5.59. The highest BCUT2D eigenvalue weighted by Gasteiger charge is 2.72. The molecule has 4 aliphatic heterocycles. The summed E-state index contributed by atoms with van der Waals surface area (Å²) >= 11 is 0. The van der Waals surface area contributed by atoms with E-state index >= 15 is 0 Å². The maximum Gasteiger partial charge on any atom is 0.404 e. The number of hydrogen-bond acceptors (Lipinski definition) is 9. The van der Waals surface area contributed by atoms with Crippen LogP contribution in [0.25, 0.3) is 0 Å². The SMILES string of the molecule is CO[C@@]12[C@@H]3N[C@@H]3CN1C1=C(C(=O)C(NCC3CCCO3)=C(C)C1=O)[C@@H]2COC(N)=O. The number of rotatable bonds is 6. The maximum absolute atomic E-state index is 13.6. The molecule has 1 amide bonds. The van der Waals surface area contributed by atoms with Crippen LogP contribution in [-0.4, -0.2) is 79.9 Å². The van der Waals surface area contributed by atoms with Gasteiger partial charge in [-0.05, 0) is 19.8 Å². The summed E-state index contributed by atoms with van der Waals surface area (Å²) in [6.07, 6.45) is 0.990. The molecule has 5 aliphatic rings. The lowest BCUT2D eigenvalue weighted by molar-refractivity contribution is -0.137. The van der Waals surface area contributed by atoms with Crippen molar-refractivity contribution >= 4 is 17.7 Å². The first-order valence-corrected chi connectivity index (χ1v) is 10.3. The van der Waals surface area contributed by atoms with E-state index in [-0.39, 0.29) is 42.1 Å². The lowest BCUT2D eigenvalue weighted by Gasteiger charge is -2.39. The third-order valence-corrected chi connectivity index (χ3v) is 6.96. The fourth-order valence-electron chi connectivity index (χ4n) is 5.52. The highest BCUT2D eigenvalue weighted by molar-refractivity contribution is 6.25. The Morgan fingerprint density at radius 3 is 2.87 bits per heavy atom. The van der Waals surface area contributed by atoms with Crippen molar-refractivity contribution in [2.24, 2.45) is 11.7 Å². The first-order valence-electron chi connectivity index (χ1n) is 10.3. The summed E-state index contributed by atoms with van der Waals surface area (Å²) in [6, 6.07) is 0.111. The second-order valence-corrected chi connectivity index (χ2v) is 8.44. The number of amides is 1. The predicted octanol–water partition coefficient (Wildman–Crippen LogP) is -0.841. The number of nitrogens with two attached hydrogens (primary N) is 1. The van der Waals surface area contributed by atoms with Crippen molar-refractivity contribution in [2.45, 2.75) is 43.7 Å². The Labute approximate surface area is 173 Å². The molecule has 0 aromatic heterocycles. The Bertz CT molecular complexity index is 892. The molecule has 1 aliphatic carbocycles. The van der Waals surface area contributed by atoms with Crippen LogP contribution in [0.5, 0.6) is 0 Å². The van der Waals surface area contributed by atoms with Crippen molar-refractivity contribution in [2.75, 3.05) is 33.4 Å². The van der Waals surface area contributed by atoms with Gasteiger partial charge in [0.1, 0.15) is 6.61 Å². The molecule has 0 spiro atoms. The maximum atomic E-state index is 13.6. The molecule has 1 unspecified atom stereocenters. The number of methoxy groups -OCH3 is 1. The zero-order valence-electron chi connectivity index (χ0n) is 17.0. The smallest absolute Gasteiger partial charge is 0.404 e. The summed E-state index contributed by atoms with van der Waals surface area (Å²) in [5.74, 6) is -1.09. The van der Waals surface area contributed by atoms with Crippen LogP contribution in [0.1, 0.15) is 19.8 Å². The molecule has 3 saturated heterocycles. The van der Waals surface area contributed by atoms with Crippen LogP contribution in [0.3, 0.4) is 0 Å². The van der Waals surface area contributed by atoms with Crippen LogP contribution in [0, 0.1) is 5.92 Å². The molecule has 0 bridgehead atoms. The number of hydrogen-bond donors (Lipinski definition) is 3. The standard InChI is InChI=1S/C20H26N4O6/c1-9-14(22-6-10-4-3-5-29-10)17(26)13-11(8-30-19(21)27)20(28-2)18-12(23-18)7-24(20)15(13)16(9)25/h10-12,18,22-23H,3-8H2,1-2H3,(H2,21,27)/t10?,11-,12+,18+,20-/m0/s1. The largest absolute Gasteiger partial charge is 0.449 e. The molecular weight excluding hydrogens is 392 g/mol. The van der Waals surface area contributed by atoms with Gasteiger partial charge in [0, 0.05) is 44.0 Å². The number of Topliss-reactive ketones (excluding diaryl/α,β-unsaturated/α-hetero) is 2. The summed E-state index contributed by atoms with van der Waals surface area (Å²) < 4.78 is 16.7. The Hall–Kier alpha value is -2.43. The van der Waals surface area contributed by atoms with Crippen molar-refractivity contribution in [3.8, 4) is 0 Å². The number of nitrogens with one attached hydrogen (secondary N) is 2. The number of ether oxygens (including phenoxy) is 3. The van der Waals surface area contributed by atoms with Crippen molar-refractivity contribution in [1.82, 2.24) is 15.5 Å². The van der Waals surface area contributed by atoms with Gasteiger partial charge >= 0.3 is 6.09 Å². The molecule has 10 nitrogen and oxygen atoms in total. The van der Waals surface area contributed by atoms with Gasteiger partial charge in [-0.25, -0.2) is 4.79 Å². The molecule has 0 aromatic rings. The first kappa shape index (κ1) is 19.5. The molecule has 30 heavy (non-hydrogen) atoms.